The van der Waals surface area contributed by atoms with Gasteiger partial charge in [0.05, 0.1) is 28.3 Å². The molecule has 0 radical (unpaired) electrons. The van der Waals surface area contributed by atoms with E-state index in [4.69, 9.17) is 21.1 Å². The normalized spacial score (nSPS) is 15.2. The number of hydrogen-bond acceptors (Lipinski definition) is 6. The first-order valence-corrected chi connectivity index (χ1v) is 12.5. The summed E-state index contributed by atoms with van der Waals surface area (Å²) in [6.07, 6.45) is 1.73. The number of amides is 1. The van der Waals surface area contributed by atoms with E-state index < -0.39 is 5.97 Å². The lowest BCUT2D eigenvalue weighted by Crippen LogP contribution is -2.19. The van der Waals surface area contributed by atoms with Crippen LogP contribution < -0.4 is 14.8 Å². The van der Waals surface area contributed by atoms with Crippen molar-refractivity contribution in [1.29, 1.82) is 0 Å². The molecule has 1 aliphatic heterocycles. The SMILES string of the molecule is COc1cc(/C=C2\SC(=Nc3ccc(Cl)c(C(=O)O)c3)NC2=O)ccc1OCc1c(C)cc(C)cc1C. The number of aryl methyl sites for hydroxylation is 3. The summed E-state index contributed by atoms with van der Waals surface area (Å²) in [5, 5.41) is 12.4. The van der Waals surface area contributed by atoms with Crippen molar-refractivity contribution < 1.29 is 24.2 Å². The largest absolute Gasteiger partial charge is 0.493 e. The number of aromatic carboxylic acids is 1. The summed E-state index contributed by atoms with van der Waals surface area (Å²) in [6, 6.07) is 14.1. The van der Waals surface area contributed by atoms with E-state index in [1.807, 2.05) is 12.1 Å². The first-order chi connectivity index (χ1) is 17.6. The Labute approximate surface area is 224 Å². The fourth-order valence-corrected chi connectivity index (χ4v) is 5.02. The highest BCUT2D eigenvalue weighted by molar-refractivity contribution is 8.18. The first kappa shape index (κ1) is 26.3. The quantitative estimate of drug-likeness (QED) is 0.337. The summed E-state index contributed by atoms with van der Waals surface area (Å²) < 4.78 is 11.6. The van der Waals surface area contributed by atoms with E-state index in [9.17, 15) is 14.7 Å². The van der Waals surface area contributed by atoms with Gasteiger partial charge < -0.3 is 19.9 Å². The predicted molar refractivity (Wildman–Crippen MR) is 147 cm³/mol. The van der Waals surface area contributed by atoms with Crippen LogP contribution in [0.5, 0.6) is 11.5 Å². The number of methoxy groups -OCH3 is 1. The lowest BCUT2D eigenvalue weighted by atomic mass is 10.0. The molecular weight excluding hydrogens is 512 g/mol. The molecule has 1 amide bonds. The van der Waals surface area contributed by atoms with Crippen molar-refractivity contribution in [3.05, 3.63) is 91.8 Å². The molecule has 3 aromatic rings. The van der Waals surface area contributed by atoms with E-state index in [1.165, 1.54) is 28.8 Å². The summed E-state index contributed by atoms with van der Waals surface area (Å²) in [5.74, 6) is -0.301. The number of nitrogens with zero attached hydrogens (tertiary/aromatic N) is 1. The molecule has 4 rings (SSSR count). The molecule has 0 saturated carbocycles. The molecule has 9 heteroatoms. The predicted octanol–water partition coefficient (Wildman–Crippen LogP) is 6.44. The van der Waals surface area contributed by atoms with E-state index in [0.29, 0.717) is 33.9 Å². The minimum Gasteiger partial charge on any atom is -0.493 e. The van der Waals surface area contributed by atoms with Crippen LogP contribution in [-0.4, -0.2) is 29.3 Å². The van der Waals surface area contributed by atoms with Gasteiger partial charge in [0.2, 0.25) is 0 Å². The minimum absolute atomic E-state index is 0.0595. The van der Waals surface area contributed by atoms with Gasteiger partial charge in [-0.1, -0.05) is 35.4 Å². The second kappa shape index (κ2) is 11.1. The van der Waals surface area contributed by atoms with Crippen molar-refractivity contribution in [1.82, 2.24) is 5.32 Å². The van der Waals surface area contributed by atoms with Crippen LogP contribution >= 0.6 is 23.4 Å². The number of aliphatic imine (C=N–C) groups is 1. The molecule has 37 heavy (non-hydrogen) atoms. The summed E-state index contributed by atoms with van der Waals surface area (Å²) >= 11 is 7.07. The van der Waals surface area contributed by atoms with Crippen molar-refractivity contribution in [3.8, 4) is 11.5 Å². The van der Waals surface area contributed by atoms with Crippen molar-refractivity contribution in [2.75, 3.05) is 7.11 Å². The maximum Gasteiger partial charge on any atom is 0.337 e. The van der Waals surface area contributed by atoms with Crippen LogP contribution in [0.2, 0.25) is 5.02 Å². The van der Waals surface area contributed by atoms with Gasteiger partial charge in [-0.15, -0.1) is 0 Å². The molecule has 0 aromatic heterocycles. The highest BCUT2D eigenvalue weighted by atomic mass is 35.5. The minimum atomic E-state index is -1.15. The molecule has 0 bridgehead atoms. The Hall–Kier alpha value is -3.75. The fraction of sp³-hybridized carbons (Fsp3) is 0.179. The summed E-state index contributed by atoms with van der Waals surface area (Å²) in [4.78, 5) is 28.6. The smallest absolute Gasteiger partial charge is 0.337 e. The molecular formula is C28H25ClN2O5S. The topological polar surface area (TPSA) is 97.2 Å². The zero-order valence-corrected chi connectivity index (χ0v) is 22.3. The van der Waals surface area contributed by atoms with E-state index in [1.54, 1.807) is 25.3 Å². The third-order valence-corrected chi connectivity index (χ3v) is 7.00. The summed E-state index contributed by atoms with van der Waals surface area (Å²) in [7, 11) is 1.57. The Morgan fingerprint density at radius 1 is 1.08 bits per heavy atom. The van der Waals surface area contributed by atoms with Gasteiger partial charge in [-0.05, 0) is 91.2 Å². The van der Waals surface area contributed by atoms with Gasteiger partial charge in [-0.2, -0.15) is 0 Å². The monoisotopic (exact) mass is 536 g/mol. The Morgan fingerprint density at radius 2 is 1.81 bits per heavy atom. The highest BCUT2D eigenvalue weighted by Gasteiger charge is 2.24. The number of ether oxygens (including phenoxy) is 2. The lowest BCUT2D eigenvalue weighted by Gasteiger charge is -2.15. The second-order valence-corrected chi connectivity index (χ2v) is 9.97. The van der Waals surface area contributed by atoms with Crippen LogP contribution in [0, 0.1) is 20.8 Å². The first-order valence-electron chi connectivity index (χ1n) is 11.3. The third kappa shape index (κ3) is 6.15. The van der Waals surface area contributed by atoms with Gasteiger partial charge in [0.1, 0.15) is 6.61 Å². The van der Waals surface area contributed by atoms with Gasteiger partial charge in [0.25, 0.3) is 5.91 Å². The van der Waals surface area contributed by atoms with E-state index in [2.05, 4.69) is 43.2 Å². The molecule has 7 nitrogen and oxygen atoms in total. The van der Waals surface area contributed by atoms with Crippen LogP contribution in [0.15, 0.2) is 58.4 Å². The fourth-order valence-electron chi connectivity index (χ4n) is 3.98. The van der Waals surface area contributed by atoms with Crippen LogP contribution in [0.4, 0.5) is 5.69 Å². The van der Waals surface area contributed by atoms with Gasteiger partial charge in [-0.25, -0.2) is 9.79 Å². The van der Waals surface area contributed by atoms with Crippen molar-refractivity contribution in [2.24, 2.45) is 4.99 Å². The van der Waals surface area contributed by atoms with E-state index in [-0.39, 0.29) is 16.5 Å². The number of benzene rings is 3. The molecule has 1 fully saturated rings. The van der Waals surface area contributed by atoms with Crippen molar-refractivity contribution in [3.63, 3.8) is 0 Å². The highest BCUT2D eigenvalue weighted by Crippen LogP contribution is 2.33. The number of thioether (sulfide) groups is 1. The van der Waals surface area contributed by atoms with Crippen LogP contribution in [0.3, 0.4) is 0 Å². The molecule has 0 spiro atoms. The number of carboxylic acids is 1. The van der Waals surface area contributed by atoms with Crippen LogP contribution in [0.25, 0.3) is 6.08 Å². The zero-order valence-electron chi connectivity index (χ0n) is 20.7. The van der Waals surface area contributed by atoms with E-state index in [0.717, 1.165) is 22.9 Å². The molecule has 2 N–H and O–H groups in total. The second-order valence-electron chi connectivity index (χ2n) is 8.53. The number of nitrogens with one attached hydrogen (secondary N) is 1. The Morgan fingerprint density at radius 3 is 2.49 bits per heavy atom. The Kier molecular flexibility index (Phi) is 7.90. The zero-order chi connectivity index (χ0) is 26.7. The molecule has 3 aromatic carbocycles. The molecule has 1 heterocycles. The molecule has 190 valence electrons. The number of rotatable bonds is 7. The number of amidine groups is 1. The van der Waals surface area contributed by atoms with E-state index >= 15 is 0 Å². The summed E-state index contributed by atoms with van der Waals surface area (Å²) in [6.45, 7) is 6.64. The maximum absolute atomic E-state index is 12.5. The molecule has 0 atom stereocenters. The van der Waals surface area contributed by atoms with Gasteiger partial charge in [0.15, 0.2) is 16.7 Å². The molecule has 0 aliphatic carbocycles. The molecule has 1 saturated heterocycles. The molecule has 1 aliphatic rings. The number of carbonyl (C=O) groups excluding carboxylic acids is 1. The average Bonchev–Trinajstić information content (AvgIpc) is 3.18. The third-order valence-electron chi connectivity index (χ3n) is 5.76. The van der Waals surface area contributed by atoms with Crippen molar-refractivity contribution >= 4 is 52.2 Å². The molecule has 0 unspecified atom stereocenters. The van der Waals surface area contributed by atoms with Gasteiger partial charge >= 0.3 is 5.97 Å². The average molecular weight is 537 g/mol. The van der Waals surface area contributed by atoms with Gasteiger partial charge in [-0.3, -0.25) is 4.79 Å². The standard InChI is InChI=1S/C28H25ClN2O5S/c1-15-9-16(2)21(17(3)10-15)14-36-23-8-5-18(11-24(23)35-4)12-25-26(32)31-28(37-25)30-19-6-7-22(29)20(13-19)27(33)34/h5-13H,14H2,1-4H3,(H,33,34)(H,30,31,32)/b25-12-. The van der Waals surface area contributed by atoms with Gasteiger partial charge in [0, 0.05) is 0 Å². The Balaban J connectivity index is 1.51. The summed E-state index contributed by atoms with van der Waals surface area (Å²) in [5.41, 5.74) is 5.78. The number of hydrogen-bond donors (Lipinski definition) is 2. The number of halogens is 1. The number of carboxylic acid groups (broad SMARTS) is 1. The number of carbonyl (C=O) groups is 2. The Bertz CT molecular complexity index is 1440. The van der Waals surface area contributed by atoms with Crippen LogP contribution in [-0.2, 0) is 11.4 Å². The van der Waals surface area contributed by atoms with Crippen molar-refractivity contribution in [2.45, 2.75) is 27.4 Å². The maximum atomic E-state index is 12.5. The van der Waals surface area contributed by atoms with Crippen LogP contribution in [0.1, 0.15) is 38.2 Å². The lowest BCUT2D eigenvalue weighted by molar-refractivity contribution is -0.115.